The summed E-state index contributed by atoms with van der Waals surface area (Å²) in [5.41, 5.74) is 3.29. The summed E-state index contributed by atoms with van der Waals surface area (Å²) < 4.78 is 33.7. The van der Waals surface area contributed by atoms with Gasteiger partial charge in [-0.1, -0.05) is 65.8 Å². The van der Waals surface area contributed by atoms with Crippen molar-refractivity contribution < 1.29 is 13.3 Å². The number of hydrogen-bond donors (Lipinski definition) is 1. The Bertz CT molecular complexity index is 1340. The minimum absolute atomic E-state index is 0.259. The molecule has 3 aromatic carbocycles. The first kappa shape index (κ1) is 21.0. The van der Waals surface area contributed by atoms with Gasteiger partial charge in [-0.25, -0.2) is 8.78 Å². The van der Waals surface area contributed by atoms with Crippen LogP contribution in [0.1, 0.15) is 24.4 Å². The summed E-state index contributed by atoms with van der Waals surface area (Å²) in [6, 6.07) is 22.0. The molecule has 0 spiro atoms. The lowest BCUT2D eigenvalue weighted by atomic mass is 9.94. The van der Waals surface area contributed by atoms with Gasteiger partial charge in [0, 0.05) is 17.3 Å². The molecular formula is C25H18F2N4OS. The highest BCUT2D eigenvalue weighted by Crippen LogP contribution is 2.39. The molecule has 5 nitrogen and oxygen atoms in total. The number of halogens is 2. The summed E-state index contributed by atoms with van der Waals surface area (Å²) in [5, 5.41) is 7.73. The first-order chi connectivity index (χ1) is 16.0. The van der Waals surface area contributed by atoms with Crippen molar-refractivity contribution in [3.63, 3.8) is 0 Å². The van der Waals surface area contributed by atoms with E-state index in [1.54, 1.807) is 4.90 Å². The molecule has 0 radical (unpaired) electrons. The second kappa shape index (κ2) is 8.55. The van der Waals surface area contributed by atoms with Gasteiger partial charge in [0.2, 0.25) is 5.82 Å². The van der Waals surface area contributed by atoms with Gasteiger partial charge in [0.1, 0.15) is 11.6 Å². The molecule has 0 fully saturated rings. The molecule has 1 unspecified atom stereocenters. The number of anilines is 1. The van der Waals surface area contributed by atoms with Crippen molar-refractivity contribution in [2.24, 2.45) is 0 Å². The zero-order valence-corrected chi connectivity index (χ0v) is 18.3. The number of thiocarbonyl (C=S) groups is 1. The largest absolute Gasteiger partial charge is 0.351 e. The highest BCUT2D eigenvalue weighted by molar-refractivity contribution is 7.80. The van der Waals surface area contributed by atoms with Gasteiger partial charge in [0.25, 0.3) is 5.89 Å². The van der Waals surface area contributed by atoms with Crippen LogP contribution in [0, 0.1) is 11.6 Å². The standard InChI is InChI=1S/C25H18F2N4OS/c1-15-21(24-29-23(30-32-24)17-10-6-3-7-11-17)22(16-8-4-2-5-9-16)28-25(33)31(15)20-13-18(26)12-19(27)14-20/h2-14,22H,1H3,(H,28,33). The zero-order chi connectivity index (χ0) is 22.9. The third kappa shape index (κ3) is 4.01. The maximum Gasteiger partial charge on any atom is 0.258 e. The second-order valence-electron chi connectivity index (χ2n) is 7.54. The van der Waals surface area contributed by atoms with Crippen LogP contribution in [0.15, 0.2) is 89.1 Å². The molecule has 5 rings (SSSR count). The molecule has 2 heterocycles. The molecular weight excluding hydrogens is 442 g/mol. The molecule has 1 atom stereocenters. The van der Waals surface area contributed by atoms with Crippen LogP contribution in [-0.2, 0) is 0 Å². The number of hydrogen-bond acceptors (Lipinski definition) is 4. The van der Waals surface area contributed by atoms with Crippen molar-refractivity contribution in [3.05, 3.63) is 108 Å². The van der Waals surface area contributed by atoms with Crippen LogP contribution in [0.2, 0.25) is 0 Å². The Kier molecular flexibility index (Phi) is 5.43. The van der Waals surface area contributed by atoms with E-state index in [2.05, 4.69) is 15.5 Å². The van der Waals surface area contributed by atoms with E-state index in [1.165, 1.54) is 12.1 Å². The van der Waals surface area contributed by atoms with Gasteiger partial charge in [0.15, 0.2) is 5.11 Å². The molecule has 1 aromatic heterocycles. The van der Waals surface area contributed by atoms with Crippen molar-refractivity contribution in [1.29, 1.82) is 0 Å². The van der Waals surface area contributed by atoms with Crippen LogP contribution in [-0.4, -0.2) is 15.3 Å². The molecule has 33 heavy (non-hydrogen) atoms. The van der Waals surface area contributed by atoms with Gasteiger partial charge < -0.3 is 9.84 Å². The van der Waals surface area contributed by atoms with E-state index in [0.29, 0.717) is 22.2 Å². The van der Waals surface area contributed by atoms with E-state index in [9.17, 15) is 8.78 Å². The van der Waals surface area contributed by atoms with Crippen molar-refractivity contribution >= 4 is 28.6 Å². The van der Waals surface area contributed by atoms with E-state index >= 15 is 0 Å². The smallest absolute Gasteiger partial charge is 0.258 e. The van der Waals surface area contributed by atoms with E-state index in [0.717, 1.165) is 17.2 Å². The SMILES string of the molecule is CC1=C(c2nc(-c3ccccc3)no2)C(c2ccccc2)NC(=S)N1c1cc(F)cc(F)c1. The monoisotopic (exact) mass is 460 g/mol. The Morgan fingerprint density at radius 2 is 1.58 bits per heavy atom. The summed E-state index contributed by atoms with van der Waals surface area (Å²) >= 11 is 5.60. The van der Waals surface area contributed by atoms with Gasteiger partial charge in [-0.2, -0.15) is 4.98 Å². The molecule has 1 aliphatic rings. The average molecular weight is 461 g/mol. The fourth-order valence-electron chi connectivity index (χ4n) is 3.93. The van der Waals surface area contributed by atoms with Gasteiger partial charge >= 0.3 is 0 Å². The average Bonchev–Trinajstić information content (AvgIpc) is 3.29. The molecule has 4 aromatic rings. The molecule has 0 saturated heterocycles. The zero-order valence-electron chi connectivity index (χ0n) is 17.5. The minimum Gasteiger partial charge on any atom is -0.351 e. The number of benzene rings is 3. The molecule has 0 amide bonds. The lowest BCUT2D eigenvalue weighted by Gasteiger charge is -2.37. The van der Waals surface area contributed by atoms with Gasteiger partial charge in [0.05, 0.1) is 17.3 Å². The highest BCUT2D eigenvalue weighted by atomic mass is 32.1. The van der Waals surface area contributed by atoms with Crippen molar-refractivity contribution in [1.82, 2.24) is 15.5 Å². The maximum atomic E-state index is 14.0. The molecule has 8 heteroatoms. The Morgan fingerprint density at radius 3 is 2.24 bits per heavy atom. The van der Waals surface area contributed by atoms with Crippen molar-refractivity contribution in [3.8, 4) is 11.4 Å². The molecule has 1 N–H and O–H groups in total. The summed E-state index contributed by atoms with van der Waals surface area (Å²) in [4.78, 5) is 6.20. The number of rotatable bonds is 4. The van der Waals surface area contributed by atoms with Crippen LogP contribution < -0.4 is 10.2 Å². The Balaban J connectivity index is 1.67. The number of nitrogens with zero attached hydrogens (tertiary/aromatic N) is 3. The van der Waals surface area contributed by atoms with E-state index in [4.69, 9.17) is 16.7 Å². The van der Waals surface area contributed by atoms with Gasteiger partial charge in [-0.3, -0.25) is 4.90 Å². The van der Waals surface area contributed by atoms with Crippen LogP contribution >= 0.6 is 12.2 Å². The quantitative estimate of drug-likeness (QED) is 0.384. The maximum absolute atomic E-state index is 14.0. The van der Waals surface area contributed by atoms with E-state index in [1.807, 2.05) is 67.6 Å². The van der Waals surface area contributed by atoms with Crippen LogP contribution in [0.25, 0.3) is 17.0 Å². The predicted molar refractivity (Wildman–Crippen MR) is 126 cm³/mol. The lowest BCUT2D eigenvalue weighted by molar-refractivity contribution is 0.404. The first-order valence-electron chi connectivity index (χ1n) is 10.2. The normalized spacial score (nSPS) is 16.2. The summed E-state index contributed by atoms with van der Waals surface area (Å²) in [6.07, 6.45) is 0. The molecule has 0 bridgehead atoms. The molecule has 164 valence electrons. The van der Waals surface area contributed by atoms with Crippen molar-refractivity contribution in [2.45, 2.75) is 13.0 Å². The Morgan fingerprint density at radius 1 is 0.939 bits per heavy atom. The molecule has 0 aliphatic carbocycles. The first-order valence-corrected chi connectivity index (χ1v) is 10.6. The Labute approximate surface area is 194 Å². The van der Waals surface area contributed by atoms with Crippen molar-refractivity contribution in [2.75, 3.05) is 4.90 Å². The molecule has 1 aliphatic heterocycles. The Hall–Kier alpha value is -3.91. The highest BCUT2D eigenvalue weighted by Gasteiger charge is 2.35. The third-order valence-corrected chi connectivity index (χ3v) is 5.71. The number of aromatic nitrogens is 2. The third-order valence-electron chi connectivity index (χ3n) is 5.41. The predicted octanol–water partition coefficient (Wildman–Crippen LogP) is 5.88. The fourth-order valence-corrected chi connectivity index (χ4v) is 4.29. The second-order valence-corrected chi connectivity index (χ2v) is 7.93. The van der Waals surface area contributed by atoms with Gasteiger partial charge in [-0.15, -0.1) is 0 Å². The summed E-state index contributed by atoms with van der Waals surface area (Å²) in [7, 11) is 0. The van der Waals surface area contributed by atoms with Gasteiger partial charge in [-0.05, 0) is 36.8 Å². The minimum atomic E-state index is -0.698. The topological polar surface area (TPSA) is 54.2 Å². The summed E-state index contributed by atoms with van der Waals surface area (Å²) in [6.45, 7) is 1.81. The summed E-state index contributed by atoms with van der Waals surface area (Å²) in [5.74, 6) is -0.667. The lowest BCUT2D eigenvalue weighted by Crippen LogP contribution is -2.46. The van der Waals surface area contributed by atoms with Crippen LogP contribution in [0.4, 0.5) is 14.5 Å². The number of allylic oxidation sites excluding steroid dienone is 1. The fraction of sp³-hybridized carbons (Fsp3) is 0.0800. The van der Waals surface area contributed by atoms with E-state index < -0.39 is 17.7 Å². The van der Waals surface area contributed by atoms with Crippen LogP contribution in [0.5, 0.6) is 0 Å². The molecule has 0 saturated carbocycles. The number of nitrogens with one attached hydrogen (secondary N) is 1. The van der Waals surface area contributed by atoms with E-state index in [-0.39, 0.29) is 11.6 Å². The van der Waals surface area contributed by atoms with Crippen LogP contribution in [0.3, 0.4) is 0 Å².